The molecule has 1 unspecified atom stereocenters. The maximum atomic E-state index is 5.46. The van der Waals surface area contributed by atoms with E-state index in [0.717, 1.165) is 17.9 Å². The maximum absolute atomic E-state index is 5.46. The van der Waals surface area contributed by atoms with Crippen LogP contribution in [0.4, 0.5) is 0 Å². The molecular weight excluding hydrogens is 222 g/mol. The standard InChI is InChI=1S/C11H19N3O3/c1-12-8(6-10-16-4-5-17-10)11-9(15-3)7-13-14(11)2/h7-8,10,12H,4-6H2,1-3H3. The Bertz CT molecular complexity index is 361. The second-order valence-electron chi connectivity index (χ2n) is 3.97. The van der Waals surface area contributed by atoms with E-state index in [2.05, 4.69) is 10.4 Å². The zero-order chi connectivity index (χ0) is 12.3. The fraction of sp³-hybridized carbons (Fsp3) is 0.727. The molecule has 1 aliphatic heterocycles. The highest BCUT2D eigenvalue weighted by molar-refractivity contribution is 5.28. The van der Waals surface area contributed by atoms with Gasteiger partial charge in [-0.3, -0.25) is 4.68 Å². The number of hydrogen-bond acceptors (Lipinski definition) is 5. The molecule has 0 radical (unpaired) electrons. The van der Waals surface area contributed by atoms with E-state index in [0.29, 0.717) is 13.2 Å². The molecule has 1 aromatic rings. The van der Waals surface area contributed by atoms with Crippen molar-refractivity contribution in [2.45, 2.75) is 18.8 Å². The Morgan fingerprint density at radius 2 is 2.29 bits per heavy atom. The molecule has 2 rings (SSSR count). The van der Waals surface area contributed by atoms with Crippen LogP contribution < -0.4 is 10.1 Å². The fourth-order valence-electron chi connectivity index (χ4n) is 2.08. The van der Waals surface area contributed by atoms with Gasteiger partial charge in [-0.25, -0.2) is 0 Å². The molecule has 0 bridgehead atoms. The summed E-state index contributed by atoms with van der Waals surface area (Å²) in [6.45, 7) is 1.34. The van der Waals surface area contributed by atoms with Crippen molar-refractivity contribution < 1.29 is 14.2 Å². The second-order valence-corrected chi connectivity index (χ2v) is 3.97. The lowest BCUT2D eigenvalue weighted by molar-refractivity contribution is -0.0531. The Morgan fingerprint density at radius 3 is 2.88 bits per heavy atom. The third kappa shape index (κ3) is 2.59. The van der Waals surface area contributed by atoms with Crippen LogP contribution in [0.15, 0.2) is 6.20 Å². The summed E-state index contributed by atoms with van der Waals surface area (Å²) < 4.78 is 18.1. The van der Waals surface area contributed by atoms with Crippen LogP contribution in [-0.2, 0) is 16.5 Å². The summed E-state index contributed by atoms with van der Waals surface area (Å²) in [5.41, 5.74) is 1.01. The summed E-state index contributed by atoms with van der Waals surface area (Å²) in [5, 5.41) is 7.45. The summed E-state index contributed by atoms with van der Waals surface area (Å²) in [5.74, 6) is 0.782. The van der Waals surface area contributed by atoms with Crippen LogP contribution in [0.2, 0.25) is 0 Å². The minimum atomic E-state index is -0.146. The average molecular weight is 241 g/mol. The fourth-order valence-corrected chi connectivity index (χ4v) is 2.08. The minimum absolute atomic E-state index is 0.0977. The summed E-state index contributed by atoms with van der Waals surface area (Å²) >= 11 is 0. The molecule has 0 aliphatic carbocycles. The Kier molecular flexibility index (Phi) is 3.98. The lowest BCUT2D eigenvalue weighted by atomic mass is 10.1. The first-order valence-corrected chi connectivity index (χ1v) is 5.72. The van der Waals surface area contributed by atoms with E-state index in [1.807, 2.05) is 18.8 Å². The normalized spacial score (nSPS) is 18.5. The third-order valence-electron chi connectivity index (χ3n) is 2.97. The van der Waals surface area contributed by atoms with Crippen molar-refractivity contribution in [1.82, 2.24) is 15.1 Å². The van der Waals surface area contributed by atoms with Crippen molar-refractivity contribution in [3.05, 3.63) is 11.9 Å². The van der Waals surface area contributed by atoms with E-state index in [1.54, 1.807) is 13.3 Å². The molecule has 1 aromatic heterocycles. The smallest absolute Gasteiger partial charge is 0.161 e. The SMILES string of the molecule is CNC(CC1OCCO1)c1c(OC)cnn1C. The van der Waals surface area contributed by atoms with Crippen molar-refractivity contribution in [1.29, 1.82) is 0 Å². The number of aryl methyl sites for hydroxylation is 1. The molecule has 0 amide bonds. The third-order valence-corrected chi connectivity index (χ3v) is 2.97. The molecule has 1 atom stereocenters. The molecule has 1 saturated heterocycles. The molecule has 17 heavy (non-hydrogen) atoms. The Balaban J connectivity index is 2.12. The minimum Gasteiger partial charge on any atom is -0.493 e. The quantitative estimate of drug-likeness (QED) is 0.811. The van der Waals surface area contributed by atoms with Gasteiger partial charge in [0.1, 0.15) is 0 Å². The van der Waals surface area contributed by atoms with Gasteiger partial charge in [-0.2, -0.15) is 5.10 Å². The van der Waals surface area contributed by atoms with Gasteiger partial charge in [0.15, 0.2) is 12.0 Å². The molecule has 1 aliphatic rings. The second kappa shape index (κ2) is 5.48. The van der Waals surface area contributed by atoms with Gasteiger partial charge in [0.25, 0.3) is 0 Å². The Morgan fingerprint density at radius 1 is 1.59 bits per heavy atom. The summed E-state index contributed by atoms with van der Waals surface area (Å²) in [7, 11) is 5.46. The molecule has 6 nitrogen and oxygen atoms in total. The van der Waals surface area contributed by atoms with Crippen LogP contribution in [-0.4, -0.2) is 43.4 Å². The maximum Gasteiger partial charge on any atom is 0.161 e. The number of methoxy groups -OCH3 is 1. The van der Waals surface area contributed by atoms with Gasteiger partial charge in [0, 0.05) is 13.5 Å². The van der Waals surface area contributed by atoms with E-state index < -0.39 is 0 Å². The van der Waals surface area contributed by atoms with Crippen molar-refractivity contribution in [2.75, 3.05) is 27.4 Å². The van der Waals surface area contributed by atoms with Crippen LogP contribution in [0, 0.1) is 0 Å². The summed E-state index contributed by atoms with van der Waals surface area (Å²) in [4.78, 5) is 0. The Hall–Kier alpha value is -1.11. The summed E-state index contributed by atoms with van der Waals surface area (Å²) in [6, 6.07) is 0.0977. The number of nitrogens with one attached hydrogen (secondary N) is 1. The molecule has 96 valence electrons. The largest absolute Gasteiger partial charge is 0.493 e. The van der Waals surface area contributed by atoms with Gasteiger partial charge < -0.3 is 19.5 Å². The summed E-state index contributed by atoms with van der Waals surface area (Å²) in [6.07, 6.45) is 2.31. The van der Waals surface area contributed by atoms with E-state index in [4.69, 9.17) is 14.2 Å². The highest BCUT2D eigenvalue weighted by Crippen LogP contribution is 2.28. The van der Waals surface area contributed by atoms with Crippen LogP contribution in [0.5, 0.6) is 5.75 Å². The molecule has 1 fully saturated rings. The van der Waals surface area contributed by atoms with Gasteiger partial charge in [-0.05, 0) is 7.05 Å². The van der Waals surface area contributed by atoms with E-state index >= 15 is 0 Å². The number of rotatable bonds is 5. The van der Waals surface area contributed by atoms with Crippen LogP contribution in [0.1, 0.15) is 18.2 Å². The van der Waals surface area contributed by atoms with E-state index in [-0.39, 0.29) is 12.3 Å². The molecule has 1 N–H and O–H groups in total. The van der Waals surface area contributed by atoms with Gasteiger partial charge in [0.05, 0.1) is 38.3 Å². The lowest BCUT2D eigenvalue weighted by Crippen LogP contribution is -2.25. The van der Waals surface area contributed by atoms with Crippen molar-refractivity contribution in [3.8, 4) is 5.75 Å². The van der Waals surface area contributed by atoms with Crippen molar-refractivity contribution >= 4 is 0 Å². The Labute approximate surface area is 101 Å². The van der Waals surface area contributed by atoms with E-state index in [1.165, 1.54) is 0 Å². The highest BCUT2D eigenvalue weighted by atomic mass is 16.7. The number of nitrogens with zero attached hydrogens (tertiary/aromatic N) is 2. The topological polar surface area (TPSA) is 57.5 Å². The van der Waals surface area contributed by atoms with Gasteiger partial charge in [-0.1, -0.05) is 0 Å². The van der Waals surface area contributed by atoms with Crippen LogP contribution in [0.3, 0.4) is 0 Å². The molecular formula is C11H19N3O3. The monoisotopic (exact) mass is 241 g/mol. The first kappa shape index (κ1) is 12.3. The number of hydrogen-bond donors (Lipinski definition) is 1. The van der Waals surface area contributed by atoms with Crippen molar-refractivity contribution in [2.24, 2.45) is 7.05 Å². The molecule has 0 aromatic carbocycles. The highest BCUT2D eigenvalue weighted by Gasteiger charge is 2.26. The van der Waals surface area contributed by atoms with Crippen molar-refractivity contribution in [3.63, 3.8) is 0 Å². The first-order valence-electron chi connectivity index (χ1n) is 5.72. The average Bonchev–Trinajstić information content (AvgIpc) is 2.95. The molecule has 2 heterocycles. The zero-order valence-electron chi connectivity index (χ0n) is 10.5. The number of ether oxygens (including phenoxy) is 3. The molecule has 0 saturated carbocycles. The first-order chi connectivity index (χ1) is 8.26. The predicted octanol–water partition coefficient (Wildman–Crippen LogP) is 0.452. The van der Waals surface area contributed by atoms with Crippen LogP contribution >= 0.6 is 0 Å². The zero-order valence-corrected chi connectivity index (χ0v) is 10.5. The van der Waals surface area contributed by atoms with Crippen LogP contribution in [0.25, 0.3) is 0 Å². The van der Waals surface area contributed by atoms with Gasteiger partial charge in [0.2, 0.25) is 0 Å². The predicted molar refractivity (Wildman–Crippen MR) is 61.9 cm³/mol. The molecule has 6 heteroatoms. The van der Waals surface area contributed by atoms with Gasteiger partial charge >= 0.3 is 0 Å². The van der Waals surface area contributed by atoms with E-state index in [9.17, 15) is 0 Å². The van der Waals surface area contributed by atoms with Gasteiger partial charge in [-0.15, -0.1) is 0 Å². The molecule has 0 spiro atoms. The number of aromatic nitrogens is 2. The lowest BCUT2D eigenvalue weighted by Gasteiger charge is -2.20.